The highest BCUT2D eigenvalue weighted by Crippen LogP contribution is 2.38. The molecule has 29 heavy (non-hydrogen) atoms. The first-order chi connectivity index (χ1) is 14.3. The van der Waals surface area contributed by atoms with Crippen molar-refractivity contribution < 1.29 is 0 Å². The van der Waals surface area contributed by atoms with Gasteiger partial charge in [0.05, 0.1) is 0 Å². The monoisotopic (exact) mass is 396 g/mol. The number of rotatable bonds is 11. The van der Waals surface area contributed by atoms with E-state index in [4.69, 9.17) is 0 Å². The summed E-state index contributed by atoms with van der Waals surface area (Å²) in [5.74, 6) is 4.19. The zero-order chi connectivity index (χ0) is 20.3. The Morgan fingerprint density at radius 1 is 0.517 bits per heavy atom. The molecule has 1 aromatic carbocycles. The third-order valence-corrected chi connectivity index (χ3v) is 8.30. The van der Waals surface area contributed by atoms with Crippen LogP contribution in [0.25, 0.3) is 0 Å². The van der Waals surface area contributed by atoms with E-state index < -0.39 is 0 Å². The van der Waals surface area contributed by atoms with Crippen LogP contribution in [0.4, 0.5) is 0 Å². The van der Waals surface area contributed by atoms with Crippen LogP contribution in [0.2, 0.25) is 0 Å². The molecule has 0 unspecified atom stereocenters. The topological polar surface area (TPSA) is 0 Å². The Morgan fingerprint density at radius 3 is 1.38 bits per heavy atom. The van der Waals surface area contributed by atoms with Crippen molar-refractivity contribution in [2.45, 2.75) is 123 Å². The van der Waals surface area contributed by atoms with Crippen molar-refractivity contribution in [2.75, 3.05) is 0 Å². The van der Waals surface area contributed by atoms with E-state index in [1.54, 1.807) is 12.0 Å². The number of hydrogen-bond acceptors (Lipinski definition) is 0. The maximum Gasteiger partial charge on any atom is -0.0276 e. The minimum atomic E-state index is 0.996. The first kappa shape index (κ1) is 22.9. The van der Waals surface area contributed by atoms with Gasteiger partial charge >= 0.3 is 0 Å². The molecular formula is C29H48. The van der Waals surface area contributed by atoms with Crippen LogP contribution in [0.3, 0.4) is 0 Å². The third-order valence-electron chi connectivity index (χ3n) is 8.30. The van der Waals surface area contributed by atoms with Crippen LogP contribution >= 0.6 is 0 Å². The molecule has 0 heteroatoms. The van der Waals surface area contributed by atoms with E-state index in [9.17, 15) is 0 Å². The van der Waals surface area contributed by atoms with E-state index in [0.29, 0.717) is 0 Å². The van der Waals surface area contributed by atoms with Gasteiger partial charge in [0.15, 0.2) is 0 Å². The van der Waals surface area contributed by atoms with Crippen molar-refractivity contribution in [2.24, 2.45) is 23.7 Å². The van der Waals surface area contributed by atoms with Crippen LogP contribution in [-0.2, 0) is 12.8 Å². The maximum absolute atomic E-state index is 2.39. The molecule has 2 saturated carbocycles. The molecule has 0 atom stereocenters. The molecule has 164 valence electrons. The van der Waals surface area contributed by atoms with Gasteiger partial charge in [0, 0.05) is 0 Å². The lowest BCUT2D eigenvalue weighted by atomic mass is 9.74. The second-order valence-corrected chi connectivity index (χ2v) is 10.6. The Morgan fingerprint density at radius 2 is 0.931 bits per heavy atom. The van der Waals surface area contributed by atoms with Crippen molar-refractivity contribution >= 4 is 0 Å². The van der Waals surface area contributed by atoms with Crippen molar-refractivity contribution in [1.82, 2.24) is 0 Å². The lowest BCUT2D eigenvalue weighted by Gasteiger charge is -2.32. The molecule has 0 saturated heterocycles. The Bertz CT molecular complexity index is 526. The van der Waals surface area contributed by atoms with Gasteiger partial charge in [-0.25, -0.2) is 0 Å². The highest BCUT2D eigenvalue weighted by molar-refractivity contribution is 5.22. The van der Waals surface area contributed by atoms with E-state index >= 15 is 0 Å². The molecule has 0 radical (unpaired) electrons. The Kier molecular flexibility index (Phi) is 10.1. The van der Waals surface area contributed by atoms with E-state index in [0.717, 1.165) is 23.7 Å². The van der Waals surface area contributed by atoms with E-state index in [2.05, 4.69) is 38.1 Å². The average Bonchev–Trinajstić information content (AvgIpc) is 2.77. The number of benzene rings is 1. The fraction of sp³-hybridized carbons (Fsp3) is 0.793. The number of unbranched alkanes of at least 4 members (excludes halogenated alkanes) is 1. The largest absolute Gasteiger partial charge is 0.0654 e. The average molecular weight is 397 g/mol. The van der Waals surface area contributed by atoms with Crippen LogP contribution in [0.1, 0.15) is 121 Å². The van der Waals surface area contributed by atoms with Crippen LogP contribution in [0.5, 0.6) is 0 Å². The van der Waals surface area contributed by atoms with Gasteiger partial charge in [0.2, 0.25) is 0 Å². The summed E-state index contributed by atoms with van der Waals surface area (Å²) >= 11 is 0. The van der Waals surface area contributed by atoms with Gasteiger partial charge in [0.1, 0.15) is 0 Å². The van der Waals surface area contributed by atoms with Gasteiger partial charge in [-0.3, -0.25) is 0 Å². The SMILES string of the molecule is CCCCc1ccc(CC[C@H]2CC[C@H](CC[C@H]3CC[C@H](CCC)CC3)CC2)cc1. The van der Waals surface area contributed by atoms with Gasteiger partial charge in [-0.05, 0) is 60.5 Å². The van der Waals surface area contributed by atoms with Gasteiger partial charge < -0.3 is 0 Å². The number of aryl methyl sites for hydroxylation is 2. The zero-order valence-corrected chi connectivity index (χ0v) is 19.6. The Balaban J connectivity index is 1.27. The summed E-state index contributed by atoms with van der Waals surface area (Å²) in [6.07, 6.45) is 24.7. The maximum atomic E-state index is 2.39. The lowest BCUT2D eigenvalue weighted by molar-refractivity contribution is 0.209. The normalized spacial score (nSPS) is 27.8. The fourth-order valence-electron chi connectivity index (χ4n) is 6.12. The standard InChI is InChI=1S/C29H48/c1-3-5-7-25-10-14-27(15-11-25)17-19-29-22-20-28(21-23-29)18-16-26-12-8-24(6-4-2)9-13-26/h10-11,14-15,24,26,28-29H,3-9,12-13,16-23H2,1-2H3/t24-,26-,28-,29-. The minimum Gasteiger partial charge on any atom is -0.0654 e. The molecule has 3 rings (SSSR count). The summed E-state index contributed by atoms with van der Waals surface area (Å²) in [6.45, 7) is 4.63. The quantitative estimate of drug-likeness (QED) is 0.350. The molecule has 0 bridgehead atoms. The molecule has 2 aliphatic carbocycles. The molecule has 1 aromatic rings. The molecule has 2 aliphatic rings. The highest BCUT2D eigenvalue weighted by atomic mass is 14.3. The van der Waals surface area contributed by atoms with Gasteiger partial charge in [-0.2, -0.15) is 0 Å². The minimum absolute atomic E-state index is 0.996. The lowest BCUT2D eigenvalue weighted by Crippen LogP contribution is -2.18. The van der Waals surface area contributed by atoms with E-state index in [1.165, 1.54) is 108 Å². The number of hydrogen-bond donors (Lipinski definition) is 0. The second-order valence-electron chi connectivity index (χ2n) is 10.6. The Hall–Kier alpha value is -0.780. The van der Waals surface area contributed by atoms with Crippen LogP contribution < -0.4 is 0 Å². The van der Waals surface area contributed by atoms with Crippen molar-refractivity contribution in [3.8, 4) is 0 Å². The first-order valence-corrected chi connectivity index (χ1v) is 13.3. The van der Waals surface area contributed by atoms with E-state index in [1.807, 2.05) is 0 Å². The summed E-state index contributed by atoms with van der Waals surface area (Å²) in [5, 5.41) is 0. The van der Waals surface area contributed by atoms with Gasteiger partial charge in [0.25, 0.3) is 0 Å². The zero-order valence-electron chi connectivity index (χ0n) is 19.6. The Labute approximate surface area is 182 Å². The smallest absolute Gasteiger partial charge is 0.0276 e. The van der Waals surface area contributed by atoms with Crippen LogP contribution in [0, 0.1) is 23.7 Å². The molecule has 0 nitrogen and oxygen atoms in total. The molecule has 0 aliphatic heterocycles. The molecular weight excluding hydrogens is 348 g/mol. The summed E-state index contributed by atoms with van der Waals surface area (Å²) in [6, 6.07) is 9.53. The van der Waals surface area contributed by atoms with Crippen LogP contribution in [0.15, 0.2) is 24.3 Å². The van der Waals surface area contributed by atoms with Crippen LogP contribution in [-0.4, -0.2) is 0 Å². The van der Waals surface area contributed by atoms with E-state index in [-0.39, 0.29) is 0 Å². The first-order valence-electron chi connectivity index (χ1n) is 13.3. The van der Waals surface area contributed by atoms with Crippen molar-refractivity contribution in [1.29, 1.82) is 0 Å². The highest BCUT2D eigenvalue weighted by Gasteiger charge is 2.24. The predicted molar refractivity (Wildman–Crippen MR) is 128 cm³/mol. The second kappa shape index (κ2) is 12.8. The summed E-state index contributed by atoms with van der Waals surface area (Å²) in [5.41, 5.74) is 3.08. The molecule has 0 aromatic heterocycles. The predicted octanol–water partition coefficient (Wildman–Crippen LogP) is 9.15. The molecule has 0 N–H and O–H groups in total. The molecule has 2 fully saturated rings. The molecule has 0 heterocycles. The molecule has 0 spiro atoms. The molecule has 0 amide bonds. The van der Waals surface area contributed by atoms with Gasteiger partial charge in [-0.15, -0.1) is 0 Å². The van der Waals surface area contributed by atoms with Crippen molar-refractivity contribution in [3.05, 3.63) is 35.4 Å². The summed E-state index contributed by atoms with van der Waals surface area (Å²) in [4.78, 5) is 0. The summed E-state index contributed by atoms with van der Waals surface area (Å²) in [7, 11) is 0. The third kappa shape index (κ3) is 8.10. The van der Waals surface area contributed by atoms with Crippen molar-refractivity contribution in [3.63, 3.8) is 0 Å². The summed E-state index contributed by atoms with van der Waals surface area (Å²) < 4.78 is 0. The fourth-order valence-corrected chi connectivity index (χ4v) is 6.12. The van der Waals surface area contributed by atoms with Gasteiger partial charge in [-0.1, -0.05) is 122 Å².